The van der Waals surface area contributed by atoms with Gasteiger partial charge in [0.25, 0.3) is 0 Å². The van der Waals surface area contributed by atoms with Crippen LogP contribution in [-0.4, -0.2) is 27.7 Å². The third-order valence-electron chi connectivity index (χ3n) is 4.49. The monoisotopic (exact) mass is 444 g/mol. The van der Waals surface area contributed by atoms with E-state index in [0.717, 1.165) is 60.7 Å². The van der Waals surface area contributed by atoms with Crippen LogP contribution in [0.15, 0.2) is 18.2 Å². The van der Waals surface area contributed by atoms with E-state index < -0.39 is 11.8 Å². The van der Waals surface area contributed by atoms with Crippen molar-refractivity contribution in [3.63, 3.8) is 0 Å². The van der Waals surface area contributed by atoms with Crippen molar-refractivity contribution in [2.45, 2.75) is 83.1 Å². The van der Waals surface area contributed by atoms with Gasteiger partial charge in [0.1, 0.15) is 10.7 Å². The summed E-state index contributed by atoms with van der Waals surface area (Å²) >= 11 is 7.06. The van der Waals surface area contributed by atoms with Gasteiger partial charge in [0.2, 0.25) is 0 Å². The number of hydrogen-bond acceptors (Lipinski definition) is 3. The summed E-state index contributed by atoms with van der Waals surface area (Å²) in [4.78, 5) is 11.0. The molecule has 0 aromatic carbocycles. The number of hydrogen-bond donors (Lipinski definition) is 2. The van der Waals surface area contributed by atoms with Gasteiger partial charge in [-0.2, -0.15) is 0 Å². The molecule has 6 heteroatoms. The molecule has 1 aromatic rings. The van der Waals surface area contributed by atoms with E-state index in [9.17, 15) is 9.18 Å². The number of terminal acetylenes is 1. The average Bonchev–Trinajstić information content (AvgIpc) is 3.25. The molecule has 0 bridgehead atoms. The first-order valence-electron chi connectivity index (χ1n) is 10.2. The van der Waals surface area contributed by atoms with Gasteiger partial charge in [0.05, 0.1) is 6.10 Å². The van der Waals surface area contributed by atoms with Crippen LogP contribution in [0.5, 0.6) is 0 Å². The number of alkyl halides is 1. The van der Waals surface area contributed by atoms with E-state index in [1.807, 2.05) is 13.8 Å². The van der Waals surface area contributed by atoms with Crippen LogP contribution in [-0.2, 0) is 6.42 Å². The van der Waals surface area contributed by atoms with E-state index >= 15 is 0 Å². The van der Waals surface area contributed by atoms with Gasteiger partial charge in [-0.05, 0) is 63.9 Å². The molecule has 1 fully saturated rings. The Morgan fingerprint density at radius 1 is 1.41 bits per heavy atom. The number of carbonyl (C=O) groups is 1. The first-order chi connectivity index (χ1) is 13.8. The minimum atomic E-state index is -1.18. The van der Waals surface area contributed by atoms with Crippen molar-refractivity contribution in [2.24, 2.45) is 5.92 Å². The lowest BCUT2D eigenvalue weighted by atomic mass is 10.1. The number of unbranched alkanes of at least 4 members (excludes halogenated alkanes) is 2. The summed E-state index contributed by atoms with van der Waals surface area (Å²) in [5, 5.41) is 18.0. The highest BCUT2D eigenvalue weighted by molar-refractivity contribution is 7.13. The molecule has 1 aliphatic rings. The number of carboxylic acid groups (broad SMARTS) is 1. The first kappa shape index (κ1) is 27.6. The maximum atomic E-state index is 12.8. The lowest BCUT2D eigenvalue weighted by molar-refractivity contribution is 0.0697. The molecule has 3 nitrogen and oxygen atoms in total. The Morgan fingerprint density at radius 3 is 2.59 bits per heavy atom. The SMILES string of the molecule is C#C.CCCc1cc(F)c(C(=O)O)s1.C[C@@H](O)CCCC/C=C/[C@H]1CC[C@@H](Cl)C1. The zero-order valence-electron chi connectivity index (χ0n) is 17.4. The van der Waals surface area contributed by atoms with Gasteiger partial charge >= 0.3 is 5.97 Å². The van der Waals surface area contributed by atoms with Crippen molar-refractivity contribution < 1.29 is 19.4 Å². The Bertz CT molecular complexity index is 625. The maximum Gasteiger partial charge on any atom is 0.348 e. The van der Waals surface area contributed by atoms with Crippen molar-refractivity contribution in [1.29, 1.82) is 0 Å². The molecule has 2 rings (SSSR count). The fraction of sp³-hybridized carbons (Fsp3) is 0.609. The number of halogens is 2. The predicted molar refractivity (Wildman–Crippen MR) is 121 cm³/mol. The van der Waals surface area contributed by atoms with Crippen LogP contribution in [0.1, 0.15) is 79.8 Å². The van der Waals surface area contributed by atoms with Gasteiger partial charge in [-0.25, -0.2) is 9.18 Å². The molecular formula is C23H34ClFO3S. The summed E-state index contributed by atoms with van der Waals surface area (Å²) in [6.07, 6.45) is 22.1. The molecule has 1 aliphatic carbocycles. The number of aromatic carboxylic acids is 1. The van der Waals surface area contributed by atoms with Crippen LogP contribution in [0.25, 0.3) is 0 Å². The second kappa shape index (κ2) is 16.4. The highest BCUT2D eigenvalue weighted by atomic mass is 35.5. The number of allylic oxidation sites excluding steroid dienone is 2. The number of rotatable bonds is 9. The fourth-order valence-corrected chi connectivity index (χ4v) is 4.39. The normalized spacial score (nSPS) is 19.1. The van der Waals surface area contributed by atoms with Crippen molar-refractivity contribution in [2.75, 3.05) is 0 Å². The largest absolute Gasteiger partial charge is 0.477 e. The third-order valence-corrected chi connectivity index (χ3v) is 6.04. The van der Waals surface area contributed by atoms with E-state index in [2.05, 4.69) is 25.0 Å². The molecule has 0 saturated heterocycles. The summed E-state index contributed by atoms with van der Waals surface area (Å²) in [6.45, 7) is 3.83. The molecule has 0 radical (unpaired) electrons. The molecule has 1 saturated carbocycles. The molecule has 0 aliphatic heterocycles. The Balaban J connectivity index is 0.000000508. The average molecular weight is 445 g/mol. The molecular weight excluding hydrogens is 411 g/mol. The minimum absolute atomic E-state index is 0.138. The van der Waals surface area contributed by atoms with Crippen LogP contribution >= 0.6 is 22.9 Å². The summed E-state index contributed by atoms with van der Waals surface area (Å²) in [5.41, 5.74) is 0. The van der Waals surface area contributed by atoms with Crippen LogP contribution < -0.4 is 0 Å². The molecule has 0 amide bonds. The number of aryl methyl sites for hydroxylation is 1. The number of thiophene rings is 1. The molecule has 1 aromatic heterocycles. The van der Waals surface area contributed by atoms with Gasteiger partial charge in [-0.1, -0.05) is 31.9 Å². The Morgan fingerprint density at radius 2 is 2.10 bits per heavy atom. The van der Waals surface area contributed by atoms with Crippen molar-refractivity contribution >= 4 is 28.9 Å². The van der Waals surface area contributed by atoms with Crippen LogP contribution in [0, 0.1) is 24.6 Å². The molecule has 29 heavy (non-hydrogen) atoms. The summed E-state index contributed by atoms with van der Waals surface area (Å²) < 4.78 is 12.8. The van der Waals surface area contributed by atoms with Gasteiger partial charge in [0, 0.05) is 10.3 Å². The van der Waals surface area contributed by atoms with Crippen molar-refractivity contribution in [3.8, 4) is 12.8 Å². The highest BCUT2D eigenvalue weighted by Gasteiger charge is 2.20. The molecule has 1 heterocycles. The molecule has 0 unspecified atom stereocenters. The molecule has 2 N–H and O–H groups in total. The second-order valence-electron chi connectivity index (χ2n) is 7.18. The maximum absolute atomic E-state index is 12.8. The van der Waals surface area contributed by atoms with Crippen LogP contribution in [0.2, 0.25) is 0 Å². The lowest BCUT2D eigenvalue weighted by Gasteiger charge is -2.03. The summed E-state index contributed by atoms with van der Waals surface area (Å²) in [7, 11) is 0. The van der Waals surface area contributed by atoms with E-state index in [0.29, 0.717) is 5.38 Å². The summed E-state index contributed by atoms with van der Waals surface area (Å²) in [5.74, 6) is -1.07. The van der Waals surface area contributed by atoms with E-state index in [1.165, 1.54) is 25.3 Å². The Kier molecular flexibility index (Phi) is 15.7. The summed E-state index contributed by atoms with van der Waals surface area (Å²) in [6, 6.07) is 1.30. The molecule has 164 valence electrons. The van der Waals surface area contributed by atoms with Gasteiger partial charge in [0.15, 0.2) is 0 Å². The number of aliphatic hydroxyl groups excluding tert-OH is 1. The standard InChI is InChI=1S/C13H23ClO.C8H9FO2S.C2H2/c1-11(15)6-4-2-3-5-7-12-8-9-13(14)10-12;1-2-3-5-4-6(9)7(12-5)8(10)11;1-2/h5,7,11-13,15H,2-4,6,8-10H2,1H3;4H,2-3H2,1H3,(H,10,11);1-2H/b7-5+;;/t11-,12+,13-;;/m1../s1. The van der Waals surface area contributed by atoms with Crippen LogP contribution in [0.4, 0.5) is 4.39 Å². The van der Waals surface area contributed by atoms with E-state index in [4.69, 9.17) is 21.8 Å². The minimum Gasteiger partial charge on any atom is -0.477 e. The topological polar surface area (TPSA) is 57.5 Å². The number of carboxylic acids is 1. The Labute approximate surface area is 184 Å². The quantitative estimate of drug-likeness (QED) is 0.193. The zero-order valence-corrected chi connectivity index (χ0v) is 19.0. The zero-order chi connectivity index (χ0) is 22.2. The molecule has 0 spiro atoms. The molecule has 3 atom stereocenters. The predicted octanol–water partition coefficient (Wildman–Crippen LogP) is 6.68. The highest BCUT2D eigenvalue weighted by Crippen LogP contribution is 2.30. The smallest absolute Gasteiger partial charge is 0.348 e. The third kappa shape index (κ3) is 12.7. The van der Waals surface area contributed by atoms with Crippen LogP contribution in [0.3, 0.4) is 0 Å². The first-order valence-corrected chi connectivity index (χ1v) is 11.4. The lowest BCUT2D eigenvalue weighted by Crippen LogP contribution is -1.97. The van der Waals surface area contributed by atoms with Crippen molar-refractivity contribution in [3.05, 3.63) is 33.8 Å². The van der Waals surface area contributed by atoms with E-state index in [-0.39, 0.29) is 11.0 Å². The fourth-order valence-electron chi connectivity index (χ4n) is 3.06. The second-order valence-corrected chi connectivity index (χ2v) is 8.93. The number of aliphatic hydroxyl groups is 1. The van der Waals surface area contributed by atoms with Gasteiger partial charge < -0.3 is 10.2 Å². The van der Waals surface area contributed by atoms with Crippen molar-refractivity contribution in [1.82, 2.24) is 0 Å². The van der Waals surface area contributed by atoms with Gasteiger partial charge in [-0.3, -0.25) is 0 Å². The Hall–Kier alpha value is -1.35. The van der Waals surface area contributed by atoms with Gasteiger partial charge in [-0.15, -0.1) is 35.8 Å². The van der Waals surface area contributed by atoms with E-state index in [1.54, 1.807) is 0 Å².